The lowest BCUT2D eigenvalue weighted by atomic mass is 9.96. The van der Waals surface area contributed by atoms with Crippen molar-refractivity contribution in [1.29, 1.82) is 0 Å². The van der Waals surface area contributed by atoms with Crippen molar-refractivity contribution in [3.05, 3.63) is 52.3 Å². The van der Waals surface area contributed by atoms with Crippen molar-refractivity contribution in [2.24, 2.45) is 0 Å². The van der Waals surface area contributed by atoms with Gasteiger partial charge in [0.1, 0.15) is 5.15 Å². The molecule has 0 N–H and O–H groups in total. The number of hydrogen-bond acceptors (Lipinski definition) is 1. The largest absolute Gasteiger partial charge is 0.434 e. The van der Waals surface area contributed by atoms with Crippen LogP contribution in [0.3, 0.4) is 0 Å². The molecule has 2 aromatic rings. The molecule has 0 unspecified atom stereocenters. The lowest BCUT2D eigenvalue weighted by Gasteiger charge is -2.15. The number of aromatic nitrogens is 1. The molecule has 1 aromatic heterocycles. The Morgan fingerprint density at radius 2 is 1.68 bits per heavy atom. The molecule has 0 spiro atoms. The van der Waals surface area contributed by atoms with Crippen LogP contribution in [0.4, 0.5) is 13.2 Å². The Kier molecular flexibility index (Phi) is 3.54. The number of alkyl halides is 3. The molecule has 0 aliphatic rings. The highest BCUT2D eigenvalue weighted by atomic mass is 35.5. The first-order valence-corrected chi connectivity index (χ1v) is 5.99. The zero-order valence-electron chi connectivity index (χ0n) is 10.3. The van der Waals surface area contributed by atoms with Gasteiger partial charge in [0.05, 0.1) is 0 Å². The molecule has 0 aliphatic carbocycles. The third-order valence-corrected chi connectivity index (χ3v) is 3.24. The molecule has 1 nitrogen and oxygen atoms in total. The maximum absolute atomic E-state index is 13.0. The molecule has 5 heteroatoms. The Morgan fingerprint density at radius 3 is 2.32 bits per heavy atom. The first-order chi connectivity index (χ1) is 8.80. The summed E-state index contributed by atoms with van der Waals surface area (Å²) in [7, 11) is 0. The number of pyridine rings is 1. The molecule has 0 amide bonds. The van der Waals surface area contributed by atoms with Gasteiger partial charge in [0, 0.05) is 5.56 Å². The van der Waals surface area contributed by atoms with E-state index in [2.05, 4.69) is 4.98 Å². The Bertz CT molecular complexity index is 621. The van der Waals surface area contributed by atoms with Gasteiger partial charge in [-0.25, -0.2) is 4.98 Å². The first kappa shape index (κ1) is 13.9. The van der Waals surface area contributed by atoms with Gasteiger partial charge in [-0.2, -0.15) is 13.2 Å². The highest BCUT2D eigenvalue weighted by Crippen LogP contribution is 2.38. The van der Waals surface area contributed by atoms with Gasteiger partial charge in [0.25, 0.3) is 0 Å². The predicted molar refractivity (Wildman–Crippen MR) is 69.2 cm³/mol. The number of nitrogens with zero attached hydrogens (tertiary/aromatic N) is 1. The fraction of sp³-hybridized carbons (Fsp3) is 0.214. The molecular weight excluding hydrogens is 275 g/mol. The summed E-state index contributed by atoms with van der Waals surface area (Å²) in [6.45, 7) is 3.65. The number of hydrogen-bond donors (Lipinski definition) is 0. The summed E-state index contributed by atoms with van der Waals surface area (Å²) in [5.74, 6) is 0. The minimum absolute atomic E-state index is 0.0538. The van der Waals surface area contributed by atoms with E-state index in [1.165, 1.54) is 12.1 Å². The Labute approximate surface area is 114 Å². The van der Waals surface area contributed by atoms with Crippen LogP contribution in [0.1, 0.15) is 16.8 Å². The lowest BCUT2D eigenvalue weighted by Crippen LogP contribution is -2.10. The van der Waals surface area contributed by atoms with E-state index in [1.54, 1.807) is 19.1 Å². The van der Waals surface area contributed by atoms with Crippen molar-refractivity contribution in [1.82, 2.24) is 4.98 Å². The van der Waals surface area contributed by atoms with Crippen LogP contribution in [0.25, 0.3) is 11.1 Å². The topological polar surface area (TPSA) is 12.9 Å². The van der Waals surface area contributed by atoms with Crippen LogP contribution in [0.5, 0.6) is 0 Å². The summed E-state index contributed by atoms with van der Waals surface area (Å²) in [5, 5.41) is -0.165. The van der Waals surface area contributed by atoms with E-state index in [0.29, 0.717) is 5.56 Å². The molecule has 0 radical (unpaired) electrons. The number of halogens is 4. The summed E-state index contributed by atoms with van der Waals surface area (Å²) < 4.78 is 39.1. The smallest absolute Gasteiger partial charge is 0.231 e. The van der Waals surface area contributed by atoms with E-state index in [9.17, 15) is 13.2 Å². The minimum Gasteiger partial charge on any atom is -0.231 e. The van der Waals surface area contributed by atoms with Gasteiger partial charge in [-0.3, -0.25) is 0 Å². The van der Waals surface area contributed by atoms with E-state index >= 15 is 0 Å². The van der Waals surface area contributed by atoms with Crippen molar-refractivity contribution >= 4 is 11.6 Å². The van der Waals surface area contributed by atoms with Crippen LogP contribution in [-0.4, -0.2) is 4.98 Å². The summed E-state index contributed by atoms with van der Waals surface area (Å²) in [6.07, 6.45) is -4.53. The quantitative estimate of drug-likeness (QED) is 0.669. The fourth-order valence-electron chi connectivity index (χ4n) is 1.91. The molecule has 0 atom stereocenters. The molecule has 0 saturated carbocycles. The number of rotatable bonds is 1. The number of aryl methyl sites for hydroxylation is 1. The van der Waals surface area contributed by atoms with Gasteiger partial charge in [0.2, 0.25) is 0 Å². The van der Waals surface area contributed by atoms with Gasteiger partial charge in [0.15, 0.2) is 5.69 Å². The average Bonchev–Trinajstić information content (AvgIpc) is 2.32. The highest BCUT2D eigenvalue weighted by molar-refractivity contribution is 6.29. The third-order valence-electron chi connectivity index (χ3n) is 3.02. The second-order valence-corrected chi connectivity index (χ2v) is 4.66. The van der Waals surface area contributed by atoms with Crippen LogP contribution < -0.4 is 0 Å². The van der Waals surface area contributed by atoms with E-state index in [1.807, 2.05) is 13.0 Å². The van der Waals surface area contributed by atoms with Crippen molar-refractivity contribution < 1.29 is 13.2 Å². The summed E-state index contributed by atoms with van der Waals surface area (Å²) >= 11 is 5.57. The highest BCUT2D eigenvalue weighted by Gasteiger charge is 2.36. The molecule has 1 aromatic carbocycles. The Hall–Kier alpha value is -1.55. The van der Waals surface area contributed by atoms with Gasteiger partial charge in [-0.15, -0.1) is 0 Å². The summed E-state index contributed by atoms with van der Waals surface area (Å²) in [4.78, 5) is 3.43. The third kappa shape index (κ3) is 2.73. The molecule has 0 saturated heterocycles. The SMILES string of the molecule is Cc1cccc(-c2ccc(Cl)nc2C(F)(F)F)c1C. The van der Waals surface area contributed by atoms with Crippen LogP contribution in [0.15, 0.2) is 30.3 Å². The van der Waals surface area contributed by atoms with Crippen LogP contribution in [-0.2, 0) is 6.18 Å². The van der Waals surface area contributed by atoms with Crippen LogP contribution >= 0.6 is 11.6 Å². The normalized spacial score (nSPS) is 11.7. The summed E-state index contributed by atoms with van der Waals surface area (Å²) in [5.41, 5.74) is 1.36. The number of benzene rings is 1. The van der Waals surface area contributed by atoms with Crippen molar-refractivity contribution in [2.45, 2.75) is 20.0 Å². The maximum Gasteiger partial charge on any atom is 0.434 e. The van der Waals surface area contributed by atoms with Gasteiger partial charge < -0.3 is 0 Å². The van der Waals surface area contributed by atoms with Crippen molar-refractivity contribution in [3.63, 3.8) is 0 Å². The van der Waals surface area contributed by atoms with E-state index in [4.69, 9.17) is 11.6 Å². The van der Waals surface area contributed by atoms with Crippen molar-refractivity contribution in [2.75, 3.05) is 0 Å². The molecule has 0 bridgehead atoms. The van der Waals surface area contributed by atoms with Gasteiger partial charge in [-0.1, -0.05) is 29.8 Å². The Morgan fingerprint density at radius 1 is 1.00 bits per heavy atom. The monoisotopic (exact) mass is 285 g/mol. The second-order valence-electron chi connectivity index (χ2n) is 4.28. The minimum atomic E-state index is -4.53. The van der Waals surface area contributed by atoms with Crippen LogP contribution in [0, 0.1) is 13.8 Å². The molecule has 0 aliphatic heterocycles. The average molecular weight is 286 g/mol. The molecule has 2 rings (SSSR count). The standard InChI is InChI=1S/C14H11ClF3N/c1-8-4-3-5-10(9(8)2)11-6-7-12(15)19-13(11)14(16,17)18/h3-7H,1-2H3. The lowest BCUT2D eigenvalue weighted by molar-refractivity contribution is -0.140. The second kappa shape index (κ2) is 4.85. The van der Waals surface area contributed by atoms with Crippen molar-refractivity contribution in [3.8, 4) is 11.1 Å². The van der Waals surface area contributed by atoms with E-state index in [-0.39, 0.29) is 10.7 Å². The van der Waals surface area contributed by atoms with Gasteiger partial charge >= 0.3 is 6.18 Å². The molecular formula is C14H11ClF3N. The molecule has 0 fully saturated rings. The molecule has 19 heavy (non-hydrogen) atoms. The fourth-order valence-corrected chi connectivity index (χ4v) is 2.06. The van der Waals surface area contributed by atoms with Gasteiger partial charge in [-0.05, 0) is 42.7 Å². The Balaban J connectivity index is 2.72. The maximum atomic E-state index is 13.0. The first-order valence-electron chi connectivity index (χ1n) is 5.61. The molecule has 1 heterocycles. The summed E-state index contributed by atoms with van der Waals surface area (Å²) in [6, 6.07) is 7.97. The predicted octanol–water partition coefficient (Wildman–Crippen LogP) is 5.04. The molecule has 100 valence electrons. The van der Waals surface area contributed by atoms with Crippen LogP contribution in [0.2, 0.25) is 5.15 Å². The van der Waals surface area contributed by atoms with E-state index < -0.39 is 11.9 Å². The zero-order valence-corrected chi connectivity index (χ0v) is 11.1. The van der Waals surface area contributed by atoms with E-state index in [0.717, 1.165) is 11.1 Å². The zero-order chi connectivity index (χ0) is 14.2.